The molecule has 2 saturated heterocycles. The van der Waals surface area contributed by atoms with E-state index in [1.54, 1.807) is 11.8 Å². The summed E-state index contributed by atoms with van der Waals surface area (Å²) in [6.07, 6.45) is 4.80. The van der Waals surface area contributed by atoms with Crippen molar-refractivity contribution in [2.24, 2.45) is 0 Å². The number of amides is 1. The molecule has 166 valence electrons. The molecule has 0 unspecified atom stereocenters. The molecule has 0 bridgehead atoms. The van der Waals surface area contributed by atoms with E-state index >= 15 is 0 Å². The Labute approximate surface area is 192 Å². The van der Waals surface area contributed by atoms with Crippen molar-refractivity contribution >= 4 is 35.1 Å². The van der Waals surface area contributed by atoms with Gasteiger partial charge in [-0.2, -0.15) is 0 Å². The van der Waals surface area contributed by atoms with Crippen LogP contribution in [0.3, 0.4) is 0 Å². The summed E-state index contributed by atoms with van der Waals surface area (Å²) in [7, 11) is 0. The zero-order valence-electron chi connectivity index (χ0n) is 18.0. The Kier molecular flexibility index (Phi) is 5.23. The Bertz CT molecular complexity index is 1060. The first-order chi connectivity index (χ1) is 15.8. The van der Waals surface area contributed by atoms with E-state index in [0.29, 0.717) is 12.3 Å². The Morgan fingerprint density at radius 2 is 1.75 bits per heavy atom. The molecule has 3 heterocycles. The molecule has 0 atom stereocenters. The van der Waals surface area contributed by atoms with Crippen molar-refractivity contribution in [1.29, 1.82) is 0 Å². The maximum Gasteiger partial charge on any atom is 0.264 e. The van der Waals surface area contributed by atoms with Gasteiger partial charge < -0.3 is 19.3 Å². The number of fused-ring (bicyclic) bond motifs is 1. The molecule has 0 aromatic heterocycles. The summed E-state index contributed by atoms with van der Waals surface area (Å²) in [5, 5.41) is 0. The molecule has 4 aliphatic rings. The summed E-state index contributed by atoms with van der Waals surface area (Å²) in [4.78, 5) is 21.1. The Balaban J connectivity index is 1.23. The first-order valence-corrected chi connectivity index (χ1v) is 12.4. The summed E-state index contributed by atoms with van der Waals surface area (Å²) >= 11 is 1.65. The third-order valence-electron chi connectivity index (χ3n) is 6.64. The third-order valence-corrected chi connectivity index (χ3v) is 7.63. The van der Waals surface area contributed by atoms with Crippen LogP contribution in [0.5, 0.6) is 11.5 Å². The Morgan fingerprint density at radius 1 is 0.938 bits per heavy atom. The summed E-state index contributed by atoms with van der Waals surface area (Å²) in [5.41, 5.74) is 3.20. The highest BCUT2D eigenvalue weighted by Crippen LogP contribution is 2.38. The average molecular weight is 450 g/mol. The molecular weight excluding hydrogens is 422 g/mol. The van der Waals surface area contributed by atoms with Crippen molar-refractivity contribution in [3.8, 4) is 11.5 Å². The number of nitrogens with zero attached hydrogens (tertiary/aromatic N) is 3. The van der Waals surface area contributed by atoms with Crippen LogP contribution in [-0.2, 0) is 4.79 Å². The maximum absolute atomic E-state index is 13.4. The number of carbonyl (C=O) groups is 1. The first-order valence-electron chi connectivity index (χ1n) is 11.4. The summed E-state index contributed by atoms with van der Waals surface area (Å²) in [6.45, 7) is 5.26. The van der Waals surface area contributed by atoms with E-state index in [-0.39, 0.29) is 12.7 Å². The molecule has 2 aromatic carbocycles. The molecule has 0 N–H and O–H groups in total. The molecule has 0 spiro atoms. The van der Waals surface area contributed by atoms with Crippen molar-refractivity contribution in [3.05, 3.63) is 52.9 Å². The minimum Gasteiger partial charge on any atom is -0.454 e. The highest BCUT2D eigenvalue weighted by Gasteiger charge is 2.32. The number of hydrogen-bond donors (Lipinski definition) is 0. The van der Waals surface area contributed by atoms with E-state index in [1.165, 1.54) is 18.5 Å². The molecule has 7 heteroatoms. The number of hydrogen-bond acceptors (Lipinski definition) is 6. The first kappa shape index (κ1) is 20.0. The maximum atomic E-state index is 13.4. The fraction of sp³-hybridized carbons (Fsp3) is 0.400. The summed E-state index contributed by atoms with van der Waals surface area (Å²) in [5.74, 6) is 2.36. The number of ether oxygens (including phenoxy) is 2. The van der Waals surface area contributed by atoms with E-state index in [4.69, 9.17) is 9.47 Å². The second kappa shape index (κ2) is 8.37. The SMILES string of the molecule is O=C1/C(=C/c2ccccc2N2CCN(C3CC3)CC2)SCCN1c1ccc2c(c1)OCO2. The smallest absolute Gasteiger partial charge is 0.264 e. The van der Waals surface area contributed by atoms with Crippen LogP contribution in [0.15, 0.2) is 47.4 Å². The molecule has 32 heavy (non-hydrogen) atoms. The number of piperazine rings is 1. The molecule has 3 fully saturated rings. The third kappa shape index (κ3) is 3.84. The van der Waals surface area contributed by atoms with Gasteiger partial charge >= 0.3 is 0 Å². The number of para-hydroxylation sites is 1. The van der Waals surface area contributed by atoms with E-state index in [9.17, 15) is 4.79 Å². The zero-order chi connectivity index (χ0) is 21.5. The zero-order valence-corrected chi connectivity index (χ0v) is 18.9. The lowest BCUT2D eigenvalue weighted by Crippen LogP contribution is -2.47. The van der Waals surface area contributed by atoms with Gasteiger partial charge in [0.1, 0.15) is 0 Å². The van der Waals surface area contributed by atoms with Gasteiger partial charge in [-0.05, 0) is 42.7 Å². The monoisotopic (exact) mass is 449 g/mol. The second-order valence-electron chi connectivity index (χ2n) is 8.66. The topological polar surface area (TPSA) is 45.3 Å². The van der Waals surface area contributed by atoms with Crippen LogP contribution in [0.1, 0.15) is 18.4 Å². The fourth-order valence-electron chi connectivity index (χ4n) is 4.75. The average Bonchev–Trinajstić information content (AvgIpc) is 3.58. The van der Waals surface area contributed by atoms with Crippen molar-refractivity contribution in [2.75, 3.05) is 55.1 Å². The van der Waals surface area contributed by atoms with E-state index < -0.39 is 0 Å². The van der Waals surface area contributed by atoms with E-state index in [2.05, 4.69) is 40.1 Å². The summed E-state index contributed by atoms with van der Waals surface area (Å²) in [6, 6.07) is 15.0. The normalized spacial score (nSPS) is 22.6. The Morgan fingerprint density at radius 3 is 2.59 bits per heavy atom. The number of rotatable bonds is 4. The van der Waals surface area contributed by atoms with Crippen molar-refractivity contribution in [1.82, 2.24) is 4.90 Å². The predicted molar refractivity (Wildman–Crippen MR) is 129 cm³/mol. The van der Waals surface area contributed by atoms with Gasteiger partial charge in [0.2, 0.25) is 6.79 Å². The molecule has 1 saturated carbocycles. The van der Waals surface area contributed by atoms with Crippen LogP contribution in [0, 0.1) is 0 Å². The van der Waals surface area contributed by atoms with Gasteiger partial charge in [0.05, 0.1) is 4.91 Å². The molecule has 2 aromatic rings. The van der Waals surface area contributed by atoms with E-state index in [1.807, 2.05) is 23.1 Å². The molecular formula is C25H27N3O3S. The highest BCUT2D eigenvalue weighted by molar-refractivity contribution is 8.04. The molecule has 6 rings (SSSR count). The number of thioether (sulfide) groups is 1. The molecule has 3 aliphatic heterocycles. The largest absolute Gasteiger partial charge is 0.454 e. The van der Waals surface area contributed by atoms with Gasteiger partial charge in [0.25, 0.3) is 5.91 Å². The Hall–Kier alpha value is -2.64. The fourth-order valence-corrected chi connectivity index (χ4v) is 5.69. The minimum absolute atomic E-state index is 0.0495. The standard InChI is InChI=1S/C25H27N3O3S/c29-25-24(32-14-13-28(25)20-7-8-22-23(16-20)31-17-30-22)15-18-3-1-2-4-21(18)27-11-9-26(10-12-27)19-5-6-19/h1-4,7-8,15-16,19H,5-6,9-14,17H2/b24-15-. The van der Waals surface area contributed by atoms with Crippen molar-refractivity contribution in [2.45, 2.75) is 18.9 Å². The van der Waals surface area contributed by atoms with E-state index in [0.717, 1.165) is 59.9 Å². The molecule has 1 amide bonds. The van der Waals surface area contributed by atoms with Crippen molar-refractivity contribution < 1.29 is 14.3 Å². The van der Waals surface area contributed by atoms with Crippen molar-refractivity contribution in [3.63, 3.8) is 0 Å². The van der Waals surface area contributed by atoms with Crippen LogP contribution < -0.4 is 19.3 Å². The van der Waals surface area contributed by atoms with Crippen LogP contribution in [0.25, 0.3) is 6.08 Å². The quantitative estimate of drug-likeness (QED) is 0.662. The lowest BCUT2D eigenvalue weighted by Gasteiger charge is -2.37. The van der Waals surface area contributed by atoms with Crippen LogP contribution in [-0.4, -0.2) is 62.1 Å². The van der Waals surface area contributed by atoms with Crippen LogP contribution in [0.4, 0.5) is 11.4 Å². The molecule has 1 aliphatic carbocycles. The molecule has 0 radical (unpaired) electrons. The van der Waals surface area contributed by atoms with Gasteiger partial charge in [-0.15, -0.1) is 11.8 Å². The number of benzene rings is 2. The minimum atomic E-state index is 0.0495. The highest BCUT2D eigenvalue weighted by atomic mass is 32.2. The predicted octanol–water partition coefficient (Wildman–Crippen LogP) is 3.82. The van der Waals surface area contributed by atoms with Crippen LogP contribution in [0.2, 0.25) is 0 Å². The number of carbonyl (C=O) groups excluding carboxylic acids is 1. The van der Waals surface area contributed by atoms with Gasteiger partial charge in [0.15, 0.2) is 11.5 Å². The van der Waals surface area contributed by atoms with Gasteiger partial charge in [0, 0.05) is 62.0 Å². The molecule has 6 nitrogen and oxygen atoms in total. The van der Waals surface area contributed by atoms with Gasteiger partial charge in [-0.3, -0.25) is 9.69 Å². The van der Waals surface area contributed by atoms with Gasteiger partial charge in [-0.25, -0.2) is 0 Å². The van der Waals surface area contributed by atoms with Crippen LogP contribution >= 0.6 is 11.8 Å². The number of anilines is 2. The summed E-state index contributed by atoms with van der Waals surface area (Å²) < 4.78 is 10.9. The lowest BCUT2D eigenvalue weighted by atomic mass is 10.1. The second-order valence-corrected chi connectivity index (χ2v) is 9.80. The van der Waals surface area contributed by atoms with Gasteiger partial charge in [-0.1, -0.05) is 18.2 Å². The lowest BCUT2D eigenvalue weighted by molar-refractivity contribution is -0.114.